The van der Waals surface area contributed by atoms with Crippen molar-refractivity contribution < 1.29 is 17.6 Å². The van der Waals surface area contributed by atoms with E-state index in [9.17, 15) is 18.5 Å². The zero-order valence-electron chi connectivity index (χ0n) is 16.7. The molecule has 0 spiro atoms. The van der Waals surface area contributed by atoms with E-state index in [0.29, 0.717) is 50.6 Å². The van der Waals surface area contributed by atoms with E-state index in [1.807, 2.05) is 4.90 Å². The molecule has 0 saturated carbocycles. The molecule has 4 rings (SSSR count). The second-order valence-electron chi connectivity index (χ2n) is 7.41. The van der Waals surface area contributed by atoms with E-state index in [4.69, 9.17) is 4.42 Å². The van der Waals surface area contributed by atoms with E-state index in [2.05, 4.69) is 11.1 Å². The van der Waals surface area contributed by atoms with Crippen LogP contribution in [0.25, 0.3) is 0 Å². The van der Waals surface area contributed by atoms with Gasteiger partial charge in [-0.1, -0.05) is 0 Å². The lowest BCUT2D eigenvalue weighted by Crippen LogP contribution is -2.49. The number of aryl methyl sites for hydroxylation is 1. The quantitative estimate of drug-likeness (QED) is 0.726. The van der Waals surface area contributed by atoms with Crippen LogP contribution < -0.4 is 4.90 Å². The van der Waals surface area contributed by atoms with Crippen molar-refractivity contribution in [1.29, 1.82) is 5.26 Å². The molecule has 0 atom stereocenters. The van der Waals surface area contributed by atoms with E-state index < -0.39 is 10.0 Å². The highest BCUT2D eigenvalue weighted by molar-refractivity contribution is 7.89. The summed E-state index contributed by atoms with van der Waals surface area (Å²) < 4.78 is 32.7. The normalized spacial score (nSPS) is 17.9. The van der Waals surface area contributed by atoms with Gasteiger partial charge in [0.15, 0.2) is 5.76 Å². The SMILES string of the molecule is Cc1oc(C(=O)N2CCN(c3ncccc3C#N)CC2)cc1S(=O)(=O)N1CCCC1. The fourth-order valence-electron chi connectivity index (χ4n) is 3.91. The Balaban J connectivity index is 1.47. The van der Waals surface area contributed by atoms with Gasteiger partial charge in [-0.05, 0) is 31.9 Å². The minimum absolute atomic E-state index is 0.0364. The van der Waals surface area contributed by atoms with Crippen molar-refractivity contribution in [3.63, 3.8) is 0 Å². The van der Waals surface area contributed by atoms with Crippen LogP contribution in [-0.4, -0.2) is 67.8 Å². The molecule has 30 heavy (non-hydrogen) atoms. The van der Waals surface area contributed by atoms with Crippen LogP contribution in [0.3, 0.4) is 0 Å². The molecule has 9 nitrogen and oxygen atoms in total. The van der Waals surface area contributed by atoms with Crippen LogP contribution in [0.2, 0.25) is 0 Å². The molecule has 2 saturated heterocycles. The molecule has 158 valence electrons. The first-order valence-electron chi connectivity index (χ1n) is 9.92. The van der Waals surface area contributed by atoms with Crippen molar-refractivity contribution in [3.8, 4) is 6.07 Å². The van der Waals surface area contributed by atoms with E-state index in [1.165, 1.54) is 10.4 Å². The van der Waals surface area contributed by atoms with E-state index >= 15 is 0 Å². The molecule has 0 bridgehead atoms. The zero-order chi connectivity index (χ0) is 21.3. The van der Waals surface area contributed by atoms with Crippen molar-refractivity contribution >= 4 is 21.7 Å². The predicted octanol–water partition coefficient (Wildman–Crippen LogP) is 1.60. The number of carbonyl (C=O) groups excluding carboxylic acids is 1. The molecule has 2 aliphatic heterocycles. The van der Waals surface area contributed by atoms with Gasteiger partial charge in [0.25, 0.3) is 5.91 Å². The summed E-state index contributed by atoms with van der Waals surface area (Å²) in [6.45, 7) is 4.46. The first kappa shape index (κ1) is 20.4. The lowest BCUT2D eigenvalue weighted by atomic mass is 10.2. The van der Waals surface area contributed by atoms with Crippen LogP contribution >= 0.6 is 0 Å². The molecule has 0 unspecified atom stereocenters. The van der Waals surface area contributed by atoms with Gasteiger partial charge in [0, 0.05) is 51.5 Å². The number of nitrogens with zero attached hydrogens (tertiary/aromatic N) is 5. The van der Waals surface area contributed by atoms with Crippen molar-refractivity contribution in [2.75, 3.05) is 44.2 Å². The van der Waals surface area contributed by atoms with Crippen molar-refractivity contribution in [1.82, 2.24) is 14.2 Å². The predicted molar refractivity (Wildman–Crippen MR) is 109 cm³/mol. The number of rotatable bonds is 4. The number of anilines is 1. The molecule has 0 aromatic carbocycles. The fourth-order valence-corrected chi connectivity index (χ4v) is 5.59. The van der Waals surface area contributed by atoms with Crippen LogP contribution in [0.5, 0.6) is 0 Å². The molecule has 1 amide bonds. The molecule has 2 aromatic rings. The Morgan fingerprint density at radius 3 is 2.53 bits per heavy atom. The summed E-state index contributed by atoms with van der Waals surface area (Å²) in [5, 5.41) is 9.26. The molecular formula is C20H23N5O4S. The van der Waals surface area contributed by atoms with Gasteiger partial charge in [-0.2, -0.15) is 9.57 Å². The lowest BCUT2D eigenvalue weighted by molar-refractivity contribution is 0.0713. The summed E-state index contributed by atoms with van der Waals surface area (Å²) in [7, 11) is -3.64. The molecular weight excluding hydrogens is 406 g/mol. The zero-order valence-corrected chi connectivity index (χ0v) is 17.6. The largest absolute Gasteiger partial charge is 0.455 e. The Labute approximate surface area is 175 Å². The van der Waals surface area contributed by atoms with Crippen LogP contribution in [-0.2, 0) is 10.0 Å². The summed E-state index contributed by atoms with van der Waals surface area (Å²) >= 11 is 0. The summed E-state index contributed by atoms with van der Waals surface area (Å²) in [5.41, 5.74) is 0.496. The third kappa shape index (κ3) is 3.66. The van der Waals surface area contributed by atoms with E-state index in [-0.39, 0.29) is 22.3 Å². The molecule has 4 heterocycles. The average Bonchev–Trinajstić information content (AvgIpc) is 3.44. The van der Waals surface area contributed by atoms with Gasteiger partial charge in [0.2, 0.25) is 10.0 Å². The minimum atomic E-state index is -3.64. The Morgan fingerprint density at radius 1 is 1.17 bits per heavy atom. The van der Waals surface area contributed by atoms with Crippen LogP contribution in [0.15, 0.2) is 33.7 Å². The molecule has 2 fully saturated rings. The van der Waals surface area contributed by atoms with E-state index in [1.54, 1.807) is 30.2 Å². The number of amides is 1. The fraction of sp³-hybridized carbons (Fsp3) is 0.450. The first-order chi connectivity index (χ1) is 14.4. The van der Waals surface area contributed by atoms with Gasteiger partial charge in [0.05, 0.1) is 5.56 Å². The summed E-state index contributed by atoms with van der Waals surface area (Å²) in [6, 6.07) is 6.92. The summed E-state index contributed by atoms with van der Waals surface area (Å²) in [5.74, 6) is 0.549. The number of nitriles is 1. The number of sulfonamides is 1. The van der Waals surface area contributed by atoms with Crippen LogP contribution in [0, 0.1) is 18.3 Å². The highest BCUT2D eigenvalue weighted by Crippen LogP contribution is 2.27. The number of pyridine rings is 1. The van der Waals surface area contributed by atoms with Crippen LogP contribution in [0.4, 0.5) is 5.82 Å². The number of piperazine rings is 1. The Kier molecular flexibility index (Phi) is 5.49. The monoisotopic (exact) mass is 429 g/mol. The van der Waals surface area contributed by atoms with E-state index in [0.717, 1.165) is 12.8 Å². The smallest absolute Gasteiger partial charge is 0.289 e. The van der Waals surface area contributed by atoms with Gasteiger partial charge < -0.3 is 14.2 Å². The van der Waals surface area contributed by atoms with Crippen molar-refractivity contribution in [2.45, 2.75) is 24.7 Å². The molecule has 0 N–H and O–H groups in total. The van der Waals surface area contributed by atoms with Crippen molar-refractivity contribution in [3.05, 3.63) is 41.5 Å². The maximum atomic E-state index is 12.9. The van der Waals surface area contributed by atoms with Gasteiger partial charge in [0.1, 0.15) is 22.5 Å². The molecule has 10 heteroatoms. The summed E-state index contributed by atoms with van der Waals surface area (Å²) in [6.07, 6.45) is 3.33. The standard InChI is InChI=1S/C20H23N5O4S/c1-15-18(30(27,28)25-7-2-3-8-25)13-17(29-15)20(26)24-11-9-23(10-12-24)19-16(14-21)5-4-6-22-19/h4-6,13H,2-3,7-12H2,1H3. The van der Waals surface area contributed by atoms with Gasteiger partial charge in [-0.25, -0.2) is 13.4 Å². The maximum Gasteiger partial charge on any atom is 0.289 e. The molecule has 0 radical (unpaired) electrons. The molecule has 0 aliphatic carbocycles. The second-order valence-corrected chi connectivity index (χ2v) is 9.31. The highest BCUT2D eigenvalue weighted by Gasteiger charge is 2.33. The van der Waals surface area contributed by atoms with Gasteiger partial charge in [-0.15, -0.1) is 0 Å². The molecule has 2 aliphatic rings. The Morgan fingerprint density at radius 2 is 1.87 bits per heavy atom. The third-order valence-corrected chi connectivity index (χ3v) is 7.55. The number of hydrogen-bond acceptors (Lipinski definition) is 7. The summed E-state index contributed by atoms with van der Waals surface area (Å²) in [4.78, 5) is 20.9. The Bertz CT molecular complexity index is 1090. The number of hydrogen-bond donors (Lipinski definition) is 0. The topological polar surface area (TPSA) is 111 Å². The maximum absolute atomic E-state index is 12.9. The first-order valence-corrected chi connectivity index (χ1v) is 11.4. The van der Waals surface area contributed by atoms with Crippen LogP contribution in [0.1, 0.15) is 34.7 Å². The van der Waals surface area contributed by atoms with Gasteiger partial charge >= 0.3 is 0 Å². The average molecular weight is 430 g/mol. The lowest BCUT2D eigenvalue weighted by Gasteiger charge is -2.35. The molecule has 2 aromatic heterocycles. The second kappa shape index (κ2) is 8.08. The van der Waals surface area contributed by atoms with Gasteiger partial charge in [-0.3, -0.25) is 4.79 Å². The number of carbonyl (C=O) groups is 1. The highest BCUT2D eigenvalue weighted by atomic mass is 32.2. The minimum Gasteiger partial charge on any atom is -0.455 e. The Hall–Kier alpha value is -2.90. The number of aromatic nitrogens is 1. The third-order valence-electron chi connectivity index (χ3n) is 5.54. The van der Waals surface area contributed by atoms with Crippen molar-refractivity contribution in [2.24, 2.45) is 0 Å². The number of furan rings is 1.